The Hall–Kier alpha value is -3.09. The monoisotopic (exact) mass is 375 g/mol. The zero-order chi connectivity index (χ0) is 19.6. The van der Waals surface area contributed by atoms with Crippen molar-refractivity contribution in [3.8, 4) is 22.8 Å². The van der Waals surface area contributed by atoms with Crippen LogP contribution >= 0.6 is 0 Å². The summed E-state index contributed by atoms with van der Waals surface area (Å²) in [6.07, 6.45) is -4.43. The van der Waals surface area contributed by atoms with Crippen molar-refractivity contribution in [2.45, 2.75) is 20.0 Å². The molecule has 1 heterocycles. The first-order valence-electron chi connectivity index (χ1n) is 8.22. The molecule has 0 bridgehead atoms. The zero-order valence-corrected chi connectivity index (χ0v) is 14.6. The van der Waals surface area contributed by atoms with Gasteiger partial charge in [-0.1, -0.05) is 23.8 Å². The standard InChI is InChI=1S/C20H16F3NO3/c1-3-26-19(25)16-17(14-6-4-5-12(2)11-14)27-18(24-16)13-7-9-15(10-8-13)20(21,22)23/h4-11H,3H2,1-2H3. The Kier molecular flexibility index (Phi) is 5.03. The fourth-order valence-electron chi connectivity index (χ4n) is 2.57. The van der Waals surface area contributed by atoms with Crippen molar-refractivity contribution in [2.24, 2.45) is 0 Å². The second kappa shape index (κ2) is 7.26. The first kappa shape index (κ1) is 18.7. The lowest BCUT2D eigenvalue weighted by molar-refractivity contribution is -0.137. The predicted octanol–water partition coefficient (Wildman–Crippen LogP) is 5.51. The molecule has 0 saturated heterocycles. The van der Waals surface area contributed by atoms with E-state index in [0.29, 0.717) is 11.1 Å². The van der Waals surface area contributed by atoms with E-state index in [1.807, 2.05) is 19.1 Å². The Labute approximate surface area is 153 Å². The number of rotatable bonds is 4. The molecule has 1 aromatic heterocycles. The molecule has 0 N–H and O–H groups in total. The minimum atomic E-state index is -4.43. The molecule has 0 aliphatic rings. The molecule has 0 spiro atoms. The SMILES string of the molecule is CCOC(=O)c1nc(-c2ccc(C(F)(F)F)cc2)oc1-c1cccc(C)c1. The first-order valence-corrected chi connectivity index (χ1v) is 8.22. The molecule has 0 saturated carbocycles. The lowest BCUT2D eigenvalue weighted by Crippen LogP contribution is -2.06. The van der Waals surface area contributed by atoms with Gasteiger partial charge in [-0.25, -0.2) is 9.78 Å². The predicted molar refractivity (Wildman–Crippen MR) is 93.1 cm³/mol. The fraction of sp³-hybridized carbons (Fsp3) is 0.200. The number of esters is 1. The van der Waals surface area contributed by atoms with Gasteiger partial charge in [0.05, 0.1) is 12.2 Å². The van der Waals surface area contributed by atoms with Gasteiger partial charge in [0.25, 0.3) is 0 Å². The number of halogens is 3. The number of alkyl halides is 3. The van der Waals surface area contributed by atoms with Gasteiger partial charge in [-0.3, -0.25) is 0 Å². The van der Waals surface area contributed by atoms with Gasteiger partial charge in [-0.05, 0) is 44.2 Å². The fourth-order valence-corrected chi connectivity index (χ4v) is 2.57. The molecule has 0 aliphatic carbocycles. The molecule has 0 atom stereocenters. The van der Waals surface area contributed by atoms with Crippen molar-refractivity contribution >= 4 is 5.97 Å². The highest BCUT2D eigenvalue weighted by Gasteiger charge is 2.30. The van der Waals surface area contributed by atoms with Gasteiger partial charge in [0.15, 0.2) is 11.5 Å². The summed E-state index contributed by atoms with van der Waals surface area (Å²) in [6, 6.07) is 11.7. The number of carbonyl (C=O) groups is 1. The van der Waals surface area contributed by atoms with Crippen LogP contribution in [0.1, 0.15) is 28.5 Å². The van der Waals surface area contributed by atoms with E-state index in [2.05, 4.69) is 4.98 Å². The van der Waals surface area contributed by atoms with E-state index < -0.39 is 17.7 Å². The summed E-state index contributed by atoms with van der Waals surface area (Å²) < 4.78 is 49.0. The molecule has 7 heteroatoms. The average molecular weight is 375 g/mol. The molecule has 140 valence electrons. The number of oxazole rings is 1. The lowest BCUT2D eigenvalue weighted by Gasteiger charge is -2.06. The Balaban J connectivity index is 2.07. The van der Waals surface area contributed by atoms with Crippen LogP contribution in [0.3, 0.4) is 0 Å². The van der Waals surface area contributed by atoms with E-state index in [1.54, 1.807) is 19.1 Å². The Morgan fingerprint density at radius 3 is 2.41 bits per heavy atom. The van der Waals surface area contributed by atoms with E-state index in [4.69, 9.17) is 9.15 Å². The van der Waals surface area contributed by atoms with E-state index >= 15 is 0 Å². The van der Waals surface area contributed by atoms with E-state index in [-0.39, 0.29) is 24.0 Å². The average Bonchev–Trinajstić information content (AvgIpc) is 3.07. The second-order valence-electron chi connectivity index (χ2n) is 5.86. The Bertz CT molecular complexity index is 959. The van der Waals surface area contributed by atoms with Gasteiger partial charge in [-0.2, -0.15) is 13.2 Å². The molecule has 0 unspecified atom stereocenters. The molecule has 4 nitrogen and oxygen atoms in total. The summed E-state index contributed by atoms with van der Waals surface area (Å²) in [5.41, 5.74) is 1.12. The number of aryl methyl sites for hydroxylation is 1. The summed E-state index contributed by atoms with van der Waals surface area (Å²) in [5, 5.41) is 0. The number of hydrogen-bond acceptors (Lipinski definition) is 4. The van der Waals surface area contributed by atoms with Crippen LogP contribution in [0.5, 0.6) is 0 Å². The third-order valence-electron chi connectivity index (χ3n) is 3.84. The van der Waals surface area contributed by atoms with Gasteiger partial charge in [-0.15, -0.1) is 0 Å². The van der Waals surface area contributed by atoms with Crippen LogP contribution in [0.4, 0.5) is 13.2 Å². The molecule has 2 aromatic carbocycles. The summed E-state index contributed by atoms with van der Waals surface area (Å²) in [5.74, 6) is -0.397. The van der Waals surface area contributed by atoms with Crippen LogP contribution in [0, 0.1) is 6.92 Å². The number of ether oxygens (including phenoxy) is 1. The summed E-state index contributed by atoms with van der Waals surface area (Å²) in [4.78, 5) is 16.4. The zero-order valence-electron chi connectivity index (χ0n) is 14.6. The molecular formula is C20H16F3NO3. The number of carbonyl (C=O) groups excluding carboxylic acids is 1. The van der Waals surface area contributed by atoms with Gasteiger partial charge in [0.1, 0.15) is 0 Å². The maximum atomic E-state index is 12.7. The van der Waals surface area contributed by atoms with Crippen LogP contribution in [-0.2, 0) is 10.9 Å². The normalized spacial score (nSPS) is 11.4. The summed E-state index contributed by atoms with van der Waals surface area (Å²) in [6.45, 7) is 3.72. The van der Waals surface area contributed by atoms with E-state index in [0.717, 1.165) is 17.7 Å². The maximum Gasteiger partial charge on any atom is 0.416 e. The Morgan fingerprint density at radius 2 is 1.81 bits per heavy atom. The molecule has 0 fully saturated rings. The molecule has 3 rings (SSSR count). The van der Waals surface area contributed by atoms with Crippen molar-refractivity contribution in [3.63, 3.8) is 0 Å². The summed E-state index contributed by atoms with van der Waals surface area (Å²) in [7, 11) is 0. The van der Waals surface area contributed by atoms with Crippen molar-refractivity contribution in [1.82, 2.24) is 4.98 Å². The van der Waals surface area contributed by atoms with E-state index in [9.17, 15) is 18.0 Å². The molecule has 0 radical (unpaired) electrons. The highest BCUT2D eigenvalue weighted by atomic mass is 19.4. The lowest BCUT2D eigenvalue weighted by atomic mass is 10.1. The highest BCUT2D eigenvalue weighted by molar-refractivity contribution is 5.94. The van der Waals surface area contributed by atoms with Crippen LogP contribution in [0.15, 0.2) is 52.9 Å². The van der Waals surface area contributed by atoms with Gasteiger partial charge in [0.2, 0.25) is 5.89 Å². The second-order valence-corrected chi connectivity index (χ2v) is 5.86. The van der Waals surface area contributed by atoms with Crippen molar-refractivity contribution in [1.29, 1.82) is 0 Å². The van der Waals surface area contributed by atoms with Gasteiger partial charge in [0, 0.05) is 11.1 Å². The first-order chi connectivity index (χ1) is 12.8. The molecule has 3 aromatic rings. The minimum Gasteiger partial charge on any atom is -0.461 e. The highest BCUT2D eigenvalue weighted by Crippen LogP contribution is 2.33. The third-order valence-corrected chi connectivity index (χ3v) is 3.84. The van der Waals surface area contributed by atoms with Crippen LogP contribution in [0.25, 0.3) is 22.8 Å². The van der Waals surface area contributed by atoms with Crippen molar-refractivity contribution in [2.75, 3.05) is 6.61 Å². The number of hydrogen-bond donors (Lipinski definition) is 0. The van der Waals surface area contributed by atoms with Crippen LogP contribution in [-0.4, -0.2) is 17.6 Å². The summed E-state index contributed by atoms with van der Waals surface area (Å²) >= 11 is 0. The maximum absolute atomic E-state index is 12.7. The molecule has 0 aliphatic heterocycles. The minimum absolute atomic E-state index is 0.0163. The number of nitrogens with zero attached hydrogens (tertiary/aromatic N) is 1. The van der Waals surface area contributed by atoms with Gasteiger partial charge >= 0.3 is 12.1 Å². The smallest absolute Gasteiger partial charge is 0.416 e. The topological polar surface area (TPSA) is 52.3 Å². The quantitative estimate of drug-likeness (QED) is 0.564. The van der Waals surface area contributed by atoms with Crippen LogP contribution < -0.4 is 0 Å². The third kappa shape index (κ3) is 4.02. The largest absolute Gasteiger partial charge is 0.461 e. The van der Waals surface area contributed by atoms with Gasteiger partial charge < -0.3 is 9.15 Å². The van der Waals surface area contributed by atoms with Crippen molar-refractivity contribution in [3.05, 3.63) is 65.4 Å². The molecule has 27 heavy (non-hydrogen) atoms. The van der Waals surface area contributed by atoms with Crippen molar-refractivity contribution < 1.29 is 27.1 Å². The Morgan fingerprint density at radius 1 is 1.11 bits per heavy atom. The molecule has 0 amide bonds. The number of benzene rings is 2. The molecular weight excluding hydrogens is 359 g/mol. The van der Waals surface area contributed by atoms with E-state index in [1.165, 1.54) is 12.1 Å². The van der Waals surface area contributed by atoms with Crippen LogP contribution in [0.2, 0.25) is 0 Å². The number of aromatic nitrogens is 1.